The molecule has 2 heterocycles. The molecule has 1 atom stereocenters. The molecule has 0 aliphatic carbocycles. The van der Waals surface area contributed by atoms with E-state index in [2.05, 4.69) is 59.6 Å². The molecule has 0 aliphatic rings. The minimum Gasteiger partial charge on any atom is -0.361 e. The van der Waals surface area contributed by atoms with Gasteiger partial charge in [-0.25, -0.2) is 4.98 Å². The number of thiazole rings is 1. The quantitative estimate of drug-likeness (QED) is 0.743. The summed E-state index contributed by atoms with van der Waals surface area (Å²) in [6.45, 7) is 5.20. The maximum atomic E-state index is 4.50. The summed E-state index contributed by atoms with van der Waals surface area (Å²) in [5.41, 5.74) is 2.50. The molecule has 2 aromatic heterocycles. The van der Waals surface area contributed by atoms with Crippen molar-refractivity contribution in [1.29, 1.82) is 0 Å². The molecule has 0 amide bonds. The molecule has 3 nitrogen and oxygen atoms in total. The Labute approximate surface area is 123 Å². The van der Waals surface area contributed by atoms with Crippen LogP contribution in [0.2, 0.25) is 0 Å². The van der Waals surface area contributed by atoms with E-state index in [0.29, 0.717) is 0 Å². The molecule has 20 heavy (non-hydrogen) atoms. The molecule has 1 unspecified atom stereocenters. The van der Waals surface area contributed by atoms with Gasteiger partial charge in [-0.2, -0.15) is 0 Å². The number of hydrogen-bond acceptors (Lipinski definition) is 3. The number of H-pyrrole nitrogens is 1. The van der Waals surface area contributed by atoms with Crippen LogP contribution in [0.15, 0.2) is 36.7 Å². The van der Waals surface area contributed by atoms with Crippen LogP contribution in [0.3, 0.4) is 0 Å². The number of para-hydroxylation sites is 1. The Hall–Kier alpha value is -1.65. The van der Waals surface area contributed by atoms with Crippen LogP contribution in [0.5, 0.6) is 0 Å². The second-order valence-corrected chi connectivity index (χ2v) is 6.13. The number of benzene rings is 1. The standard InChI is InChI=1S/C16H19N3S/c1-3-13-10-19-16(20-13)11(2)17-8-12-9-18-15-7-5-4-6-14(12)15/h4-7,9-11,17-18H,3,8H2,1-2H3. The Bertz CT molecular complexity index is 698. The van der Waals surface area contributed by atoms with Crippen LogP contribution in [-0.2, 0) is 13.0 Å². The fourth-order valence-corrected chi connectivity index (χ4v) is 3.20. The van der Waals surface area contributed by atoms with Crippen LogP contribution in [0, 0.1) is 0 Å². The molecular weight excluding hydrogens is 266 g/mol. The fraction of sp³-hybridized carbons (Fsp3) is 0.312. The highest BCUT2D eigenvalue weighted by Gasteiger charge is 2.10. The van der Waals surface area contributed by atoms with E-state index in [0.717, 1.165) is 13.0 Å². The molecule has 104 valence electrons. The molecule has 0 aliphatic heterocycles. The van der Waals surface area contributed by atoms with Gasteiger partial charge in [0.25, 0.3) is 0 Å². The summed E-state index contributed by atoms with van der Waals surface area (Å²) >= 11 is 1.80. The summed E-state index contributed by atoms with van der Waals surface area (Å²) in [7, 11) is 0. The van der Waals surface area contributed by atoms with Crippen LogP contribution < -0.4 is 5.32 Å². The third kappa shape index (κ3) is 2.62. The summed E-state index contributed by atoms with van der Waals surface area (Å²) in [6, 6.07) is 8.69. The number of aromatic nitrogens is 2. The largest absolute Gasteiger partial charge is 0.361 e. The topological polar surface area (TPSA) is 40.7 Å². The monoisotopic (exact) mass is 285 g/mol. The number of rotatable bonds is 5. The SMILES string of the molecule is CCc1cnc(C(C)NCc2c[nH]c3ccccc23)s1. The van der Waals surface area contributed by atoms with Gasteiger partial charge in [-0.3, -0.25) is 0 Å². The van der Waals surface area contributed by atoms with E-state index in [1.54, 1.807) is 11.3 Å². The first-order chi connectivity index (χ1) is 9.78. The number of hydrogen-bond donors (Lipinski definition) is 2. The summed E-state index contributed by atoms with van der Waals surface area (Å²) in [6.07, 6.45) is 5.14. The molecular formula is C16H19N3S. The van der Waals surface area contributed by atoms with E-state index in [1.165, 1.54) is 26.4 Å². The number of nitrogens with zero attached hydrogens (tertiary/aromatic N) is 1. The molecule has 0 spiro atoms. The molecule has 3 rings (SSSR count). The Morgan fingerprint density at radius 1 is 1.35 bits per heavy atom. The average molecular weight is 285 g/mol. The maximum Gasteiger partial charge on any atom is 0.109 e. The first-order valence-corrected chi connectivity index (χ1v) is 7.82. The summed E-state index contributed by atoms with van der Waals surface area (Å²) in [5.74, 6) is 0. The zero-order valence-corrected chi connectivity index (χ0v) is 12.6. The van der Waals surface area contributed by atoms with Gasteiger partial charge < -0.3 is 10.3 Å². The van der Waals surface area contributed by atoms with Gasteiger partial charge in [0.1, 0.15) is 5.01 Å². The zero-order chi connectivity index (χ0) is 13.9. The molecule has 0 saturated carbocycles. The highest BCUT2D eigenvalue weighted by atomic mass is 32.1. The minimum absolute atomic E-state index is 0.286. The lowest BCUT2D eigenvalue weighted by Crippen LogP contribution is -2.17. The molecule has 0 fully saturated rings. The number of aryl methyl sites for hydroxylation is 1. The number of aromatic amines is 1. The molecule has 0 bridgehead atoms. The first kappa shape index (κ1) is 13.3. The second kappa shape index (κ2) is 5.77. The van der Waals surface area contributed by atoms with Crippen LogP contribution in [0.1, 0.15) is 35.3 Å². The third-order valence-electron chi connectivity index (χ3n) is 3.56. The molecule has 2 N–H and O–H groups in total. The normalized spacial score (nSPS) is 12.9. The van der Waals surface area contributed by atoms with Gasteiger partial charge in [0.05, 0.1) is 6.04 Å². The predicted molar refractivity (Wildman–Crippen MR) is 85.0 cm³/mol. The lowest BCUT2D eigenvalue weighted by molar-refractivity contribution is 0.573. The van der Waals surface area contributed by atoms with Crippen molar-refractivity contribution in [2.24, 2.45) is 0 Å². The van der Waals surface area contributed by atoms with E-state index >= 15 is 0 Å². The van der Waals surface area contributed by atoms with Gasteiger partial charge in [-0.15, -0.1) is 11.3 Å². The van der Waals surface area contributed by atoms with E-state index in [4.69, 9.17) is 0 Å². The lowest BCUT2D eigenvalue weighted by Gasteiger charge is -2.10. The van der Waals surface area contributed by atoms with Crippen molar-refractivity contribution in [3.8, 4) is 0 Å². The van der Waals surface area contributed by atoms with Crippen molar-refractivity contribution in [2.45, 2.75) is 32.9 Å². The van der Waals surface area contributed by atoms with E-state index in [1.807, 2.05) is 6.20 Å². The third-order valence-corrected chi connectivity index (χ3v) is 4.89. The van der Waals surface area contributed by atoms with Gasteiger partial charge >= 0.3 is 0 Å². The maximum absolute atomic E-state index is 4.50. The van der Waals surface area contributed by atoms with Crippen molar-refractivity contribution >= 4 is 22.2 Å². The van der Waals surface area contributed by atoms with Gasteiger partial charge in [-0.1, -0.05) is 25.1 Å². The molecule has 0 radical (unpaired) electrons. The Balaban J connectivity index is 1.69. The average Bonchev–Trinajstić information content (AvgIpc) is 3.11. The highest BCUT2D eigenvalue weighted by molar-refractivity contribution is 7.11. The summed E-state index contributed by atoms with van der Waals surface area (Å²) < 4.78 is 0. The summed E-state index contributed by atoms with van der Waals surface area (Å²) in [4.78, 5) is 9.16. The highest BCUT2D eigenvalue weighted by Crippen LogP contribution is 2.22. The van der Waals surface area contributed by atoms with Gasteiger partial charge in [0.2, 0.25) is 0 Å². The predicted octanol–water partition coefficient (Wildman–Crippen LogP) is 4.04. The van der Waals surface area contributed by atoms with E-state index < -0.39 is 0 Å². The Morgan fingerprint density at radius 2 is 2.20 bits per heavy atom. The minimum atomic E-state index is 0.286. The van der Waals surface area contributed by atoms with Gasteiger partial charge in [-0.05, 0) is 25.0 Å². The van der Waals surface area contributed by atoms with Crippen molar-refractivity contribution in [3.63, 3.8) is 0 Å². The molecule has 3 aromatic rings. The molecule has 0 saturated heterocycles. The molecule has 1 aromatic carbocycles. The van der Waals surface area contributed by atoms with Gasteiger partial charge in [0, 0.05) is 34.7 Å². The van der Waals surface area contributed by atoms with Crippen molar-refractivity contribution < 1.29 is 0 Å². The fourth-order valence-electron chi connectivity index (χ4n) is 2.31. The Morgan fingerprint density at radius 3 is 3.00 bits per heavy atom. The van der Waals surface area contributed by atoms with Crippen LogP contribution >= 0.6 is 11.3 Å². The van der Waals surface area contributed by atoms with Crippen molar-refractivity contribution in [1.82, 2.24) is 15.3 Å². The zero-order valence-electron chi connectivity index (χ0n) is 11.8. The van der Waals surface area contributed by atoms with Crippen LogP contribution in [0.25, 0.3) is 10.9 Å². The number of fused-ring (bicyclic) bond motifs is 1. The van der Waals surface area contributed by atoms with Crippen LogP contribution in [-0.4, -0.2) is 9.97 Å². The van der Waals surface area contributed by atoms with Crippen molar-refractivity contribution in [2.75, 3.05) is 0 Å². The van der Waals surface area contributed by atoms with E-state index in [9.17, 15) is 0 Å². The summed E-state index contributed by atoms with van der Waals surface area (Å²) in [5, 5.41) is 6.02. The second-order valence-electron chi connectivity index (χ2n) is 4.98. The first-order valence-electron chi connectivity index (χ1n) is 7.01. The van der Waals surface area contributed by atoms with Crippen molar-refractivity contribution in [3.05, 3.63) is 52.1 Å². The van der Waals surface area contributed by atoms with E-state index in [-0.39, 0.29) is 6.04 Å². The van der Waals surface area contributed by atoms with Gasteiger partial charge in [0.15, 0.2) is 0 Å². The Kier molecular flexibility index (Phi) is 3.85. The lowest BCUT2D eigenvalue weighted by atomic mass is 10.1. The molecule has 4 heteroatoms. The van der Waals surface area contributed by atoms with Crippen LogP contribution in [0.4, 0.5) is 0 Å². The number of nitrogens with one attached hydrogen (secondary N) is 2. The smallest absolute Gasteiger partial charge is 0.109 e.